The van der Waals surface area contributed by atoms with Gasteiger partial charge in [0.1, 0.15) is 23.7 Å². The van der Waals surface area contributed by atoms with Crippen LogP contribution in [0.25, 0.3) is 22.0 Å². The first-order valence-corrected chi connectivity index (χ1v) is 12.0. The van der Waals surface area contributed by atoms with Crippen LogP contribution in [0, 0.1) is 12.7 Å². The number of carbonyl (C=O) groups excluding carboxylic acids is 1. The fraction of sp³-hybridized carbons (Fsp3) is 0.346. The molecule has 2 heterocycles. The Balaban J connectivity index is 1.84. The maximum atomic E-state index is 16.1. The third kappa shape index (κ3) is 5.08. The summed E-state index contributed by atoms with van der Waals surface area (Å²) in [5.74, 6) is -0.392. The molecule has 0 atom stereocenters. The van der Waals surface area contributed by atoms with Crippen LogP contribution in [0.4, 0.5) is 10.2 Å². The Hall–Kier alpha value is -3.43. The Labute approximate surface area is 214 Å². The molecule has 190 valence electrons. The van der Waals surface area contributed by atoms with E-state index in [1.54, 1.807) is 30.0 Å². The normalized spacial score (nSPS) is 13.9. The highest BCUT2D eigenvalue weighted by molar-refractivity contribution is 6.34. The SMILES string of the molecule is C=CC(=O)N1CCN(c2nc(OCCN(C)C)nc3c(F)c(-c4c(C)cccc4O)c(Cl)cc23)CC1. The number of halogens is 2. The van der Waals surface area contributed by atoms with Crippen molar-refractivity contribution in [3.05, 3.63) is 53.3 Å². The van der Waals surface area contributed by atoms with E-state index in [0.717, 1.165) is 0 Å². The lowest BCUT2D eigenvalue weighted by Crippen LogP contribution is -2.48. The summed E-state index contributed by atoms with van der Waals surface area (Å²) >= 11 is 6.61. The van der Waals surface area contributed by atoms with Crippen LogP contribution in [0.15, 0.2) is 36.9 Å². The second-order valence-electron chi connectivity index (χ2n) is 8.91. The number of ether oxygens (including phenoxy) is 1. The zero-order valence-electron chi connectivity index (χ0n) is 20.6. The summed E-state index contributed by atoms with van der Waals surface area (Å²) in [6, 6.07) is 6.63. The highest BCUT2D eigenvalue weighted by Gasteiger charge is 2.27. The Kier molecular flexibility index (Phi) is 7.61. The van der Waals surface area contributed by atoms with E-state index in [-0.39, 0.29) is 33.8 Å². The van der Waals surface area contributed by atoms with E-state index in [9.17, 15) is 9.90 Å². The fourth-order valence-corrected chi connectivity index (χ4v) is 4.55. The fourth-order valence-electron chi connectivity index (χ4n) is 4.26. The molecular weight excluding hydrogens is 485 g/mol. The number of likely N-dealkylation sites (N-methyl/N-ethyl adjacent to an activating group) is 1. The minimum atomic E-state index is -0.663. The summed E-state index contributed by atoms with van der Waals surface area (Å²) in [6.45, 7) is 8.20. The maximum Gasteiger partial charge on any atom is 0.319 e. The van der Waals surface area contributed by atoms with Gasteiger partial charge in [-0.05, 0) is 44.8 Å². The molecule has 0 aliphatic carbocycles. The molecular formula is C26H29ClFN5O3. The summed E-state index contributed by atoms with van der Waals surface area (Å²) in [7, 11) is 3.84. The quantitative estimate of drug-likeness (QED) is 0.480. The molecule has 1 aliphatic rings. The molecule has 36 heavy (non-hydrogen) atoms. The molecule has 4 rings (SSSR count). The Bertz CT molecular complexity index is 1290. The summed E-state index contributed by atoms with van der Waals surface area (Å²) in [4.78, 5) is 26.7. The minimum absolute atomic E-state index is 0.0464. The molecule has 2 aromatic carbocycles. The molecule has 1 fully saturated rings. The predicted molar refractivity (Wildman–Crippen MR) is 139 cm³/mol. The van der Waals surface area contributed by atoms with Crippen LogP contribution in [0.5, 0.6) is 11.8 Å². The molecule has 0 unspecified atom stereocenters. The minimum Gasteiger partial charge on any atom is -0.507 e. The lowest BCUT2D eigenvalue weighted by Gasteiger charge is -2.35. The van der Waals surface area contributed by atoms with Crippen LogP contribution in [-0.4, -0.2) is 84.2 Å². The molecule has 8 nitrogen and oxygen atoms in total. The van der Waals surface area contributed by atoms with E-state index < -0.39 is 5.82 Å². The molecule has 1 aliphatic heterocycles. The van der Waals surface area contributed by atoms with Crippen molar-refractivity contribution in [2.75, 3.05) is 58.3 Å². The smallest absolute Gasteiger partial charge is 0.319 e. The number of hydrogen-bond donors (Lipinski definition) is 1. The number of aryl methyl sites for hydroxylation is 1. The predicted octanol–water partition coefficient (Wildman–Crippen LogP) is 3.88. The van der Waals surface area contributed by atoms with Gasteiger partial charge in [-0.2, -0.15) is 9.97 Å². The van der Waals surface area contributed by atoms with Crippen molar-refractivity contribution in [3.8, 4) is 22.9 Å². The lowest BCUT2D eigenvalue weighted by atomic mass is 9.97. The van der Waals surface area contributed by atoms with Crippen molar-refractivity contribution >= 4 is 34.2 Å². The number of nitrogens with zero attached hydrogens (tertiary/aromatic N) is 5. The van der Waals surface area contributed by atoms with Crippen LogP contribution in [0.3, 0.4) is 0 Å². The molecule has 1 N–H and O–H groups in total. The zero-order chi connectivity index (χ0) is 26.0. The number of aromatic nitrogens is 2. The number of aromatic hydroxyl groups is 1. The monoisotopic (exact) mass is 513 g/mol. The van der Waals surface area contributed by atoms with Crippen LogP contribution in [-0.2, 0) is 4.79 Å². The number of benzene rings is 2. The zero-order valence-corrected chi connectivity index (χ0v) is 21.3. The van der Waals surface area contributed by atoms with Gasteiger partial charge in [0, 0.05) is 49.2 Å². The summed E-state index contributed by atoms with van der Waals surface area (Å²) in [5, 5.41) is 11.1. The van der Waals surface area contributed by atoms with Crippen molar-refractivity contribution < 1.29 is 19.0 Å². The van der Waals surface area contributed by atoms with Crippen LogP contribution < -0.4 is 9.64 Å². The topological polar surface area (TPSA) is 82.0 Å². The van der Waals surface area contributed by atoms with Crippen LogP contribution in [0.1, 0.15) is 5.56 Å². The van der Waals surface area contributed by atoms with Crippen molar-refractivity contribution in [3.63, 3.8) is 0 Å². The van der Waals surface area contributed by atoms with Gasteiger partial charge in [-0.1, -0.05) is 30.3 Å². The lowest BCUT2D eigenvalue weighted by molar-refractivity contribution is -0.126. The number of piperazine rings is 1. The van der Waals surface area contributed by atoms with E-state index in [4.69, 9.17) is 16.3 Å². The molecule has 3 aromatic rings. The molecule has 10 heteroatoms. The van der Waals surface area contributed by atoms with E-state index in [1.807, 2.05) is 23.9 Å². The summed E-state index contributed by atoms with van der Waals surface area (Å²) in [6.07, 6.45) is 1.30. The second kappa shape index (κ2) is 10.7. The van der Waals surface area contributed by atoms with Gasteiger partial charge in [0.15, 0.2) is 5.82 Å². The Morgan fingerprint density at radius 2 is 1.97 bits per heavy atom. The number of rotatable bonds is 7. The van der Waals surface area contributed by atoms with E-state index >= 15 is 4.39 Å². The van der Waals surface area contributed by atoms with Gasteiger partial charge in [-0.15, -0.1) is 0 Å². The van der Waals surface area contributed by atoms with Crippen molar-refractivity contribution in [2.45, 2.75) is 6.92 Å². The number of phenolic OH excluding ortho intramolecular Hbond substituents is 1. The molecule has 0 radical (unpaired) electrons. The number of carbonyl (C=O) groups is 1. The molecule has 0 spiro atoms. The standard InChI is InChI=1S/C26H29ClFN5O3/c1-5-20(35)32-9-11-33(12-10-32)25-17-15-18(27)22(21-16(2)7-6-8-19(21)34)23(28)24(17)29-26(30-25)36-14-13-31(3)4/h5-8,15,34H,1,9-14H2,2-4H3. The van der Waals surface area contributed by atoms with E-state index in [1.165, 1.54) is 12.1 Å². The average Bonchev–Trinajstić information content (AvgIpc) is 2.85. The first kappa shape index (κ1) is 25.7. The number of anilines is 1. The maximum absolute atomic E-state index is 16.1. The highest BCUT2D eigenvalue weighted by Crippen LogP contribution is 2.43. The number of phenols is 1. The van der Waals surface area contributed by atoms with Gasteiger partial charge in [0.05, 0.1) is 5.02 Å². The van der Waals surface area contributed by atoms with Gasteiger partial charge in [0.25, 0.3) is 0 Å². The Morgan fingerprint density at radius 1 is 1.25 bits per heavy atom. The molecule has 0 saturated carbocycles. The average molecular weight is 514 g/mol. The van der Waals surface area contributed by atoms with Crippen LogP contribution >= 0.6 is 11.6 Å². The van der Waals surface area contributed by atoms with Crippen LogP contribution in [0.2, 0.25) is 5.02 Å². The molecule has 1 saturated heterocycles. The van der Waals surface area contributed by atoms with Gasteiger partial charge >= 0.3 is 6.01 Å². The van der Waals surface area contributed by atoms with Gasteiger partial charge in [0.2, 0.25) is 5.91 Å². The third-order valence-corrected chi connectivity index (χ3v) is 6.48. The largest absolute Gasteiger partial charge is 0.507 e. The van der Waals surface area contributed by atoms with Gasteiger partial charge in [-0.25, -0.2) is 4.39 Å². The molecule has 1 aromatic heterocycles. The highest BCUT2D eigenvalue weighted by atomic mass is 35.5. The third-order valence-electron chi connectivity index (χ3n) is 6.18. The van der Waals surface area contributed by atoms with Crippen molar-refractivity contribution in [2.24, 2.45) is 0 Å². The number of amides is 1. The van der Waals surface area contributed by atoms with Gasteiger partial charge in [-0.3, -0.25) is 4.79 Å². The molecule has 1 amide bonds. The first-order chi connectivity index (χ1) is 17.2. The number of fused-ring (bicyclic) bond motifs is 1. The second-order valence-corrected chi connectivity index (χ2v) is 9.32. The summed E-state index contributed by atoms with van der Waals surface area (Å²) < 4.78 is 21.9. The number of hydrogen-bond acceptors (Lipinski definition) is 7. The summed E-state index contributed by atoms with van der Waals surface area (Å²) in [5.41, 5.74) is 1.11. The first-order valence-electron chi connectivity index (χ1n) is 11.6. The Morgan fingerprint density at radius 3 is 2.61 bits per heavy atom. The van der Waals surface area contributed by atoms with Crippen molar-refractivity contribution in [1.29, 1.82) is 0 Å². The van der Waals surface area contributed by atoms with E-state index in [2.05, 4.69) is 16.5 Å². The van der Waals surface area contributed by atoms with E-state index in [0.29, 0.717) is 61.7 Å². The molecule has 0 bridgehead atoms. The van der Waals surface area contributed by atoms with Gasteiger partial charge < -0.3 is 24.5 Å². The van der Waals surface area contributed by atoms with Crippen molar-refractivity contribution in [1.82, 2.24) is 19.8 Å².